The summed E-state index contributed by atoms with van der Waals surface area (Å²) in [6, 6.07) is 2.11. The number of nitrogens with zero attached hydrogens (tertiary/aromatic N) is 1. The summed E-state index contributed by atoms with van der Waals surface area (Å²) in [4.78, 5) is 2.08. The van der Waals surface area contributed by atoms with Gasteiger partial charge in [0.1, 0.15) is 0 Å². The van der Waals surface area contributed by atoms with Crippen molar-refractivity contribution >= 4 is 0 Å². The summed E-state index contributed by atoms with van der Waals surface area (Å²) in [6.45, 7) is 3.73. The zero-order chi connectivity index (χ0) is 15.5. The highest BCUT2D eigenvalue weighted by atomic mass is 19.4. The molecule has 0 spiro atoms. The predicted molar refractivity (Wildman–Crippen MR) is 72.7 cm³/mol. The maximum atomic E-state index is 13.1. The summed E-state index contributed by atoms with van der Waals surface area (Å²) in [7, 11) is 1.32. The molecule has 0 atom stereocenters. The van der Waals surface area contributed by atoms with Crippen LogP contribution in [-0.4, -0.2) is 49.8 Å². The second-order valence-electron chi connectivity index (χ2n) is 4.98. The van der Waals surface area contributed by atoms with E-state index in [1.807, 2.05) is 0 Å². The topological polar surface area (TPSA) is 44.7 Å². The Bertz CT molecular complexity index is 486. The van der Waals surface area contributed by atoms with Gasteiger partial charge in [0.2, 0.25) is 0 Å². The van der Waals surface area contributed by atoms with Crippen molar-refractivity contribution in [3.05, 3.63) is 23.3 Å². The van der Waals surface area contributed by atoms with Gasteiger partial charge in [0.15, 0.2) is 11.5 Å². The molecule has 2 N–H and O–H groups in total. The molecular formula is C14H19F3N2O2. The van der Waals surface area contributed by atoms with Gasteiger partial charge in [-0.15, -0.1) is 0 Å². The van der Waals surface area contributed by atoms with E-state index in [1.165, 1.54) is 7.11 Å². The summed E-state index contributed by atoms with van der Waals surface area (Å²) in [6.07, 6.45) is -4.35. The van der Waals surface area contributed by atoms with Gasteiger partial charge < -0.3 is 20.1 Å². The lowest BCUT2D eigenvalue weighted by Crippen LogP contribution is -2.44. The molecule has 118 valence electrons. The molecule has 1 aromatic rings. The molecule has 1 aliphatic rings. The van der Waals surface area contributed by atoms with Gasteiger partial charge in [-0.25, -0.2) is 0 Å². The molecule has 21 heavy (non-hydrogen) atoms. The molecule has 7 heteroatoms. The Morgan fingerprint density at radius 1 is 1.29 bits per heavy atom. The minimum absolute atomic E-state index is 0.0679. The smallest absolute Gasteiger partial charge is 0.416 e. The number of halogens is 3. The van der Waals surface area contributed by atoms with E-state index in [-0.39, 0.29) is 17.7 Å². The number of phenolic OH excluding ortho intramolecular Hbond substituents is 1. The van der Waals surface area contributed by atoms with Crippen LogP contribution in [0, 0.1) is 0 Å². The van der Waals surface area contributed by atoms with E-state index in [0.29, 0.717) is 6.54 Å². The molecule has 0 radical (unpaired) electrons. The van der Waals surface area contributed by atoms with Crippen LogP contribution in [0.15, 0.2) is 12.1 Å². The maximum Gasteiger partial charge on any atom is 0.416 e. The molecule has 0 bridgehead atoms. The lowest BCUT2D eigenvalue weighted by atomic mass is 10.0. The van der Waals surface area contributed by atoms with Crippen molar-refractivity contribution in [1.82, 2.24) is 10.2 Å². The Morgan fingerprint density at radius 2 is 1.95 bits per heavy atom. The first-order valence-corrected chi connectivity index (χ1v) is 6.82. The third-order valence-electron chi connectivity index (χ3n) is 3.66. The Labute approximate surface area is 121 Å². The molecule has 0 amide bonds. The summed E-state index contributed by atoms with van der Waals surface area (Å²) in [5.41, 5.74) is -0.892. The second-order valence-corrected chi connectivity index (χ2v) is 4.98. The molecule has 2 rings (SSSR count). The van der Waals surface area contributed by atoms with Gasteiger partial charge in [0.05, 0.1) is 12.7 Å². The number of nitrogens with one attached hydrogen (secondary N) is 1. The summed E-state index contributed by atoms with van der Waals surface area (Å²) >= 11 is 0. The molecule has 4 nitrogen and oxygen atoms in total. The first kappa shape index (κ1) is 15.9. The summed E-state index contributed by atoms with van der Waals surface area (Å²) in [5.74, 6) is -0.347. The molecule has 0 aliphatic carbocycles. The van der Waals surface area contributed by atoms with Gasteiger partial charge in [-0.2, -0.15) is 13.2 Å². The Kier molecular flexibility index (Phi) is 4.95. The van der Waals surface area contributed by atoms with Crippen LogP contribution in [-0.2, 0) is 12.6 Å². The van der Waals surface area contributed by atoms with Crippen LogP contribution in [0.4, 0.5) is 13.2 Å². The molecule has 0 aromatic heterocycles. The number of hydrogen-bond donors (Lipinski definition) is 2. The maximum absolute atomic E-state index is 13.1. The van der Waals surface area contributed by atoms with Gasteiger partial charge in [-0.05, 0) is 18.6 Å². The molecule has 0 unspecified atom stereocenters. The van der Waals surface area contributed by atoms with Crippen molar-refractivity contribution in [2.75, 3.05) is 39.8 Å². The lowest BCUT2D eigenvalue weighted by Gasteiger charge is -2.27. The zero-order valence-electron chi connectivity index (χ0n) is 11.8. The minimum atomic E-state index is -4.48. The first-order valence-electron chi connectivity index (χ1n) is 6.82. The van der Waals surface area contributed by atoms with E-state index in [4.69, 9.17) is 4.74 Å². The normalized spacial score (nSPS) is 17.0. The van der Waals surface area contributed by atoms with E-state index in [9.17, 15) is 18.3 Å². The lowest BCUT2D eigenvalue weighted by molar-refractivity contribution is -0.138. The van der Waals surface area contributed by atoms with Crippen molar-refractivity contribution in [2.45, 2.75) is 12.6 Å². The number of methoxy groups -OCH3 is 1. The van der Waals surface area contributed by atoms with Crippen molar-refractivity contribution < 1.29 is 23.0 Å². The van der Waals surface area contributed by atoms with Crippen LogP contribution in [0.25, 0.3) is 0 Å². The molecule has 0 saturated carbocycles. The standard InChI is InChI=1S/C14H19F3N2O2/c1-21-12-3-2-11(14(15,16)17)10(13(12)20)4-7-19-8-5-18-6-9-19/h2-3,18,20H,4-9H2,1H3. The third-order valence-corrected chi connectivity index (χ3v) is 3.66. The minimum Gasteiger partial charge on any atom is -0.504 e. The van der Waals surface area contributed by atoms with Crippen LogP contribution in [0.2, 0.25) is 0 Å². The van der Waals surface area contributed by atoms with Gasteiger partial charge in [-0.3, -0.25) is 0 Å². The molecule has 1 heterocycles. The monoisotopic (exact) mass is 304 g/mol. The zero-order valence-corrected chi connectivity index (χ0v) is 11.8. The summed E-state index contributed by atoms with van der Waals surface area (Å²) in [5, 5.41) is 13.2. The largest absolute Gasteiger partial charge is 0.504 e. The van der Waals surface area contributed by atoms with Crippen molar-refractivity contribution in [1.29, 1.82) is 0 Å². The molecular weight excluding hydrogens is 285 g/mol. The molecule has 1 saturated heterocycles. The molecule has 1 aromatic carbocycles. The van der Waals surface area contributed by atoms with E-state index in [2.05, 4.69) is 10.2 Å². The summed E-state index contributed by atoms with van der Waals surface area (Å²) < 4.78 is 44.1. The second kappa shape index (κ2) is 6.53. The molecule has 1 aliphatic heterocycles. The number of rotatable bonds is 4. The van der Waals surface area contributed by atoms with E-state index in [1.54, 1.807) is 0 Å². The van der Waals surface area contributed by atoms with Crippen LogP contribution in [0.1, 0.15) is 11.1 Å². The fraction of sp³-hybridized carbons (Fsp3) is 0.571. The van der Waals surface area contributed by atoms with Crippen LogP contribution >= 0.6 is 0 Å². The van der Waals surface area contributed by atoms with E-state index < -0.39 is 17.5 Å². The molecule has 1 fully saturated rings. The highest BCUT2D eigenvalue weighted by Gasteiger charge is 2.35. The Hall–Kier alpha value is -1.47. The number of piperazine rings is 1. The van der Waals surface area contributed by atoms with Gasteiger partial charge in [-0.1, -0.05) is 0 Å². The van der Waals surface area contributed by atoms with E-state index >= 15 is 0 Å². The number of hydrogen-bond acceptors (Lipinski definition) is 4. The van der Waals surface area contributed by atoms with Crippen LogP contribution in [0.3, 0.4) is 0 Å². The fourth-order valence-electron chi connectivity index (χ4n) is 2.50. The van der Waals surface area contributed by atoms with Gasteiger partial charge in [0, 0.05) is 38.3 Å². The number of benzene rings is 1. The van der Waals surface area contributed by atoms with Crippen molar-refractivity contribution in [3.8, 4) is 11.5 Å². The number of aromatic hydroxyl groups is 1. The average molecular weight is 304 g/mol. The highest BCUT2D eigenvalue weighted by molar-refractivity contribution is 5.51. The Balaban J connectivity index is 2.22. The van der Waals surface area contributed by atoms with E-state index in [0.717, 1.165) is 38.3 Å². The average Bonchev–Trinajstić information content (AvgIpc) is 2.45. The van der Waals surface area contributed by atoms with Crippen molar-refractivity contribution in [2.24, 2.45) is 0 Å². The first-order chi connectivity index (χ1) is 9.93. The van der Waals surface area contributed by atoms with Gasteiger partial charge >= 0.3 is 6.18 Å². The van der Waals surface area contributed by atoms with Gasteiger partial charge in [0.25, 0.3) is 0 Å². The number of phenols is 1. The quantitative estimate of drug-likeness (QED) is 0.891. The fourth-order valence-corrected chi connectivity index (χ4v) is 2.50. The Morgan fingerprint density at radius 3 is 2.52 bits per heavy atom. The SMILES string of the molecule is COc1ccc(C(F)(F)F)c(CCN2CCNCC2)c1O. The predicted octanol–water partition coefficient (Wildman–Crippen LogP) is 1.87. The third kappa shape index (κ3) is 3.79. The number of ether oxygens (including phenoxy) is 1. The highest BCUT2D eigenvalue weighted by Crippen LogP contribution is 2.40. The van der Waals surface area contributed by atoms with Crippen molar-refractivity contribution in [3.63, 3.8) is 0 Å². The van der Waals surface area contributed by atoms with Crippen LogP contribution in [0.5, 0.6) is 11.5 Å². The van der Waals surface area contributed by atoms with Crippen LogP contribution < -0.4 is 10.1 Å². The number of alkyl halides is 3.